The van der Waals surface area contributed by atoms with E-state index in [0.29, 0.717) is 5.56 Å². The molecule has 2 aromatic rings. The van der Waals surface area contributed by atoms with Crippen molar-refractivity contribution in [1.82, 2.24) is 10.3 Å². The van der Waals surface area contributed by atoms with Crippen LogP contribution in [0.25, 0.3) is 0 Å². The molecule has 0 fully saturated rings. The number of anilines is 1. The van der Waals surface area contributed by atoms with Crippen molar-refractivity contribution in [2.75, 3.05) is 5.73 Å². The number of hydrogen-bond donors (Lipinski definition) is 2. The number of aromatic nitrogens is 1. The molecule has 3 N–H and O–H groups in total. The Hall–Kier alpha value is -2.43. The molecular formula is C15H16FN3O. The summed E-state index contributed by atoms with van der Waals surface area (Å²) in [4.78, 5) is 16.2. The highest BCUT2D eigenvalue weighted by atomic mass is 19.1. The minimum atomic E-state index is -0.486. The highest BCUT2D eigenvalue weighted by Gasteiger charge is 2.14. The van der Waals surface area contributed by atoms with E-state index in [-0.39, 0.29) is 23.2 Å². The normalized spacial score (nSPS) is 11.9. The number of benzene rings is 1. The Morgan fingerprint density at radius 2 is 2.15 bits per heavy atom. The summed E-state index contributed by atoms with van der Waals surface area (Å²) in [5.74, 6) is -0.866. The van der Waals surface area contributed by atoms with Crippen LogP contribution in [-0.4, -0.2) is 10.9 Å². The van der Waals surface area contributed by atoms with Gasteiger partial charge in [-0.3, -0.25) is 9.78 Å². The predicted molar refractivity (Wildman–Crippen MR) is 75.7 cm³/mol. The Bertz CT molecular complexity index is 605. The summed E-state index contributed by atoms with van der Waals surface area (Å²) in [6, 6.07) is 7.84. The average Bonchev–Trinajstić information content (AvgIpc) is 2.45. The third-order valence-electron chi connectivity index (χ3n) is 3.13. The van der Waals surface area contributed by atoms with Crippen LogP contribution in [0.3, 0.4) is 0 Å². The smallest absolute Gasteiger partial charge is 0.251 e. The number of pyridine rings is 1. The minimum absolute atomic E-state index is 0.202. The van der Waals surface area contributed by atoms with E-state index in [0.717, 1.165) is 5.69 Å². The number of amides is 1. The first-order valence-corrected chi connectivity index (χ1v) is 6.26. The number of halogens is 1. The topological polar surface area (TPSA) is 68.0 Å². The first kappa shape index (κ1) is 14.0. The molecular weight excluding hydrogens is 257 g/mol. The molecule has 0 aliphatic carbocycles. The van der Waals surface area contributed by atoms with Crippen LogP contribution in [0.4, 0.5) is 10.1 Å². The number of nitrogens with one attached hydrogen (secondary N) is 1. The van der Waals surface area contributed by atoms with Gasteiger partial charge in [0.1, 0.15) is 5.82 Å². The number of nitrogen functional groups attached to an aromatic ring is 1. The maximum Gasteiger partial charge on any atom is 0.251 e. The maximum atomic E-state index is 13.6. The summed E-state index contributed by atoms with van der Waals surface area (Å²) in [6.45, 7) is 3.39. The first-order chi connectivity index (χ1) is 9.49. The number of nitrogens with two attached hydrogens (primary N) is 1. The zero-order valence-electron chi connectivity index (χ0n) is 11.4. The van der Waals surface area contributed by atoms with Gasteiger partial charge in [0.05, 0.1) is 11.7 Å². The van der Waals surface area contributed by atoms with Crippen LogP contribution in [0.1, 0.15) is 34.6 Å². The molecule has 2 rings (SSSR count). The molecule has 5 heteroatoms. The summed E-state index contributed by atoms with van der Waals surface area (Å²) in [7, 11) is 0. The molecule has 0 bridgehead atoms. The highest BCUT2D eigenvalue weighted by molar-refractivity contribution is 5.95. The fraction of sp³-hybridized carbons (Fsp3) is 0.200. The third-order valence-corrected chi connectivity index (χ3v) is 3.13. The van der Waals surface area contributed by atoms with Crippen molar-refractivity contribution in [1.29, 1.82) is 0 Å². The van der Waals surface area contributed by atoms with Crippen molar-refractivity contribution in [2.45, 2.75) is 19.9 Å². The SMILES string of the molecule is Cc1c(N)cc(C(=O)NC(C)c2ccccn2)cc1F. The van der Waals surface area contributed by atoms with E-state index in [2.05, 4.69) is 10.3 Å². The Morgan fingerprint density at radius 3 is 2.75 bits per heavy atom. The molecule has 4 nitrogen and oxygen atoms in total. The number of carbonyl (C=O) groups is 1. The van der Waals surface area contributed by atoms with Gasteiger partial charge in [-0.05, 0) is 38.1 Å². The number of hydrogen-bond acceptors (Lipinski definition) is 3. The van der Waals surface area contributed by atoms with Crippen LogP contribution < -0.4 is 11.1 Å². The first-order valence-electron chi connectivity index (χ1n) is 6.26. The van der Waals surface area contributed by atoms with Crippen molar-refractivity contribution in [2.24, 2.45) is 0 Å². The Labute approximate surface area is 116 Å². The van der Waals surface area contributed by atoms with Crippen molar-refractivity contribution < 1.29 is 9.18 Å². The van der Waals surface area contributed by atoms with Crippen LogP contribution in [0.2, 0.25) is 0 Å². The van der Waals surface area contributed by atoms with Gasteiger partial charge in [0.25, 0.3) is 5.91 Å². The zero-order chi connectivity index (χ0) is 14.7. The average molecular weight is 273 g/mol. The van der Waals surface area contributed by atoms with Crippen LogP contribution in [0, 0.1) is 12.7 Å². The lowest BCUT2D eigenvalue weighted by Gasteiger charge is -2.14. The van der Waals surface area contributed by atoms with Crippen molar-refractivity contribution >= 4 is 11.6 Å². The van der Waals surface area contributed by atoms with E-state index in [1.54, 1.807) is 19.2 Å². The second-order valence-corrected chi connectivity index (χ2v) is 4.62. The Kier molecular flexibility index (Phi) is 3.98. The van der Waals surface area contributed by atoms with E-state index in [4.69, 9.17) is 5.73 Å². The molecule has 104 valence electrons. The standard InChI is InChI=1S/C15H16FN3O/c1-9-12(16)7-11(8-13(9)17)15(20)19-10(2)14-5-3-4-6-18-14/h3-8,10H,17H2,1-2H3,(H,19,20). The predicted octanol–water partition coefficient (Wildman–Crippen LogP) is 2.60. The molecule has 0 radical (unpaired) electrons. The molecule has 0 spiro atoms. The largest absolute Gasteiger partial charge is 0.398 e. The molecule has 20 heavy (non-hydrogen) atoms. The number of nitrogens with zero attached hydrogens (tertiary/aromatic N) is 1. The fourth-order valence-electron chi connectivity index (χ4n) is 1.82. The highest BCUT2D eigenvalue weighted by Crippen LogP contribution is 2.18. The Morgan fingerprint density at radius 1 is 1.40 bits per heavy atom. The fourth-order valence-corrected chi connectivity index (χ4v) is 1.82. The van der Waals surface area contributed by atoms with Gasteiger partial charge >= 0.3 is 0 Å². The van der Waals surface area contributed by atoms with Crippen molar-refractivity contribution in [3.63, 3.8) is 0 Å². The van der Waals surface area contributed by atoms with Gasteiger partial charge in [0, 0.05) is 23.0 Å². The van der Waals surface area contributed by atoms with Gasteiger partial charge in [-0.1, -0.05) is 6.07 Å². The van der Waals surface area contributed by atoms with E-state index >= 15 is 0 Å². The van der Waals surface area contributed by atoms with Gasteiger partial charge in [-0.25, -0.2) is 4.39 Å². The lowest BCUT2D eigenvalue weighted by atomic mass is 10.1. The maximum absolute atomic E-state index is 13.6. The molecule has 1 atom stereocenters. The van der Waals surface area contributed by atoms with Crippen LogP contribution in [0.5, 0.6) is 0 Å². The molecule has 1 amide bonds. The second-order valence-electron chi connectivity index (χ2n) is 4.62. The van der Waals surface area contributed by atoms with E-state index in [1.807, 2.05) is 19.1 Å². The van der Waals surface area contributed by atoms with Crippen LogP contribution in [0.15, 0.2) is 36.5 Å². The van der Waals surface area contributed by atoms with Crippen LogP contribution in [-0.2, 0) is 0 Å². The summed E-state index contributed by atoms with van der Waals surface area (Å²) >= 11 is 0. The van der Waals surface area contributed by atoms with Crippen LogP contribution >= 0.6 is 0 Å². The molecule has 0 saturated heterocycles. The van der Waals surface area contributed by atoms with Gasteiger partial charge in [-0.15, -0.1) is 0 Å². The van der Waals surface area contributed by atoms with Crippen molar-refractivity contribution in [3.8, 4) is 0 Å². The monoisotopic (exact) mass is 273 g/mol. The lowest BCUT2D eigenvalue weighted by molar-refractivity contribution is 0.0938. The molecule has 0 saturated carbocycles. The number of carbonyl (C=O) groups excluding carboxylic acids is 1. The van der Waals surface area contributed by atoms with E-state index in [1.165, 1.54) is 12.1 Å². The molecule has 1 heterocycles. The van der Waals surface area contributed by atoms with Crippen molar-refractivity contribution in [3.05, 3.63) is 59.2 Å². The van der Waals surface area contributed by atoms with Gasteiger partial charge < -0.3 is 11.1 Å². The molecule has 0 aliphatic heterocycles. The zero-order valence-corrected chi connectivity index (χ0v) is 11.4. The summed E-state index contributed by atoms with van der Waals surface area (Å²) < 4.78 is 13.6. The quantitative estimate of drug-likeness (QED) is 0.845. The summed E-state index contributed by atoms with van der Waals surface area (Å²) in [5.41, 5.74) is 7.22. The third kappa shape index (κ3) is 2.93. The summed E-state index contributed by atoms with van der Waals surface area (Å²) in [5, 5.41) is 2.76. The second kappa shape index (κ2) is 5.69. The van der Waals surface area contributed by atoms with Gasteiger partial charge in [-0.2, -0.15) is 0 Å². The lowest BCUT2D eigenvalue weighted by Crippen LogP contribution is -2.27. The van der Waals surface area contributed by atoms with Gasteiger partial charge in [0.15, 0.2) is 0 Å². The Balaban J connectivity index is 2.17. The van der Waals surface area contributed by atoms with Gasteiger partial charge in [0.2, 0.25) is 0 Å². The van der Waals surface area contributed by atoms with E-state index < -0.39 is 5.82 Å². The number of rotatable bonds is 3. The molecule has 1 aromatic carbocycles. The van der Waals surface area contributed by atoms with E-state index in [9.17, 15) is 9.18 Å². The molecule has 0 aliphatic rings. The molecule has 1 unspecified atom stereocenters. The minimum Gasteiger partial charge on any atom is -0.398 e. The summed E-state index contributed by atoms with van der Waals surface area (Å²) in [6.07, 6.45) is 1.65. The molecule has 1 aromatic heterocycles.